The third kappa shape index (κ3) is 3.20. The summed E-state index contributed by atoms with van der Waals surface area (Å²) >= 11 is 0. The Labute approximate surface area is 106 Å². The number of nitrogens with zero attached hydrogens (tertiary/aromatic N) is 1. The minimum absolute atomic E-state index is 0.146. The van der Waals surface area contributed by atoms with Crippen LogP contribution in [-0.2, 0) is 4.79 Å². The Morgan fingerprint density at radius 3 is 3.06 bits per heavy atom. The standard InChI is InChI=1S/C13H18FN3O/c1-9-4-5-17(7-9)8-13(18)16-12-6-10(15)2-3-11(12)14/h2-3,6,9H,4-5,7-8,15H2,1H3,(H,16,18). The number of halogens is 1. The summed E-state index contributed by atoms with van der Waals surface area (Å²) in [5.74, 6) is -0.0390. The summed E-state index contributed by atoms with van der Waals surface area (Å²) in [4.78, 5) is 13.9. The van der Waals surface area contributed by atoms with Crippen LogP contribution in [0.3, 0.4) is 0 Å². The fourth-order valence-electron chi connectivity index (χ4n) is 2.20. The number of rotatable bonds is 3. The van der Waals surface area contributed by atoms with Crippen LogP contribution in [0.15, 0.2) is 18.2 Å². The van der Waals surface area contributed by atoms with Gasteiger partial charge in [0.1, 0.15) is 5.82 Å². The van der Waals surface area contributed by atoms with Crippen LogP contribution in [0, 0.1) is 11.7 Å². The highest BCUT2D eigenvalue weighted by molar-refractivity contribution is 5.92. The maximum Gasteiger partial charge on any atom is 0.238 e. The SMILES string of the molecule is CC1CCN(CC(=O)Nc2cc(N)ccc2F)C1. The van der Waals surface area contributed by atoms with Crippen molar-refractivity contribution in [2.45, 2.75) is 13.3 Å². The average Bonchev–Trinajstić information content (AvgIpc) is 2.69. The van der Waals surface area contributed by atoms with Crippen LogP contribution in [-0.4, -0.2) is 30.4 Å². The molecule has 5 heteroatoms. The number of nitrogens with one attached hydrogen (secondary N) is 1. The smallest absolute Gasteiger partial charge is 0.238 e. The van der Waals surface area contributed by atoms with E-state index in [0.717, 1.165) is 19.5 Å². The Morgan fingerprint density at radius 2 is 2.39 bits per heavy atom. The summed E-state index contributed by atoms with van der Waals surface area (Å²) in [5.41, 5.74) is 6.13. The molecule has 1 heterocycles. The first-order valence-corrected chi connectivity index (χ1v) is 6.12. The Morgan fingerprint density at radius 1 is 1.61 bits per heavy atom. The van der Waals surface area contributed by atoms with Crippen molar-refractivity contribution in [3.63, 3.8) is 0 Å². The molecular weight excluding hydrogens is 233 g/mol. The van der Waals surface area contributed by atoms with Gasteiger partial charge in [-0.15, -0.1) is 0 Å². The molecule has 0 aromatic heterocycles. The molecule has 1 aromatic carbocycles. The summed E-state index contributed by atoms with van der Waals surface area (Å²) in [5, 5.41) is 2.56. The van der Waals surface area contributed by atoms with Gasteiger partial charge in [0.15, 0.2) is 0 Å². The Bertz CT molecular complexity index is 450. The van der Waals surface area contributed by atoms with Gasteiger partial charge in [-0.2, -0.15) is 0 Å². The summed E-state index contributed by atoms with van der Waals surface area (Å²) in [6.45, 7) is 4.31. The number of carbonyl (C=O) groups is 1. The molecule has 1 aromatic rings. The van der Waals surface area contributed by atoms with Gasteiger partial charge in [-0.3, -0.25) is 9.69 Å². The van der Waals surface area contributed by atoms with E-state index < -0.39 is 5.82 Å². The van der Waals surface area contributed by atoms with Crippen LogP contribution >= 0.6 is 0 Å². The van der Waals surface area contributed by atoms with Gasteiger partial charge in [-0.05, 0) is 37.1 Å². The van der Waals surface area contributed by atoms with Crippen LogP contribution in [0.5, 0.6) is 0 Å². The number of nitrogen functional groups attached to an aromatic ring is 1. The van der Waals surface area contributed by atoms with Crippen LogP contribution < -0.4 is 11.1 Å². The molecule has 4 nitrogen and oxygen atoms in total. The van der Waals surface area contributed by atoms with Crippen molar-refractivity contribution >= 4 is 17.3 Å². The highest BCUT2D eigenvalue weighted by Crippen LogP contribution is 2.18. The molecule has 0 saturated carbocycles. The summed E-state index contributed by atoms with van der Waals surface area (Å²) in [6, 6.07) is 4.15. The molecular formula is C13H18FN3O. The highest BCUT2D eigenvalue weighted by Gasteiger charge is 2.20. The molecule has 98 valence electrons. The lowest BCUT2D eigenvalue weighted by Gasteiger charge is -2.15. The molecule has 2 rings (SSSR count). The van der Waals surface area contributed by atoms with E-state index in [-0.39, 0.29) is 11.6 Å². The van der Waals surface area contributed by atoms with Gasteiger partial charge in [0.05, 0.1) is 12.2 Å². The van der Waals surface area contributed by atoms with Gasteiger partial charge >= 0.3 is 0 Å². The molecule has 1 amide bonds. The van der Waals surface area contributed by atoms with E-state index in [1.54, 1.807) is 0 Å². The van der Waals surface area contributed by atoms with E-state index >= 15 is 0 Å². The predicted molar refractivity (Wildman–Crippen MR) is 69.7 cm³/mol. The predicted octanol–water partition coefficient (Wildman–Crippen LogP) is 1.69. The zero-order valence-electron chi connectivity index (χ0n) is 10.4. The molecule has 1 atom stereocenters. The molecule has 1 unspecified atom stereocenters. The van der Waals surface area contributed by atoms with E-state index in [1.165, 1.54) is 18.2 Å². The molecule has 1 saturated heterocycles. The second-order valence-corrected chi connectivity index (χ2v) is 4.92. The quantitative estimate of drug-likeness (QED) is 0.804. The lowest BCUT2D eigenvalue weighted by molar-refractivity contribution is -0.117. The fourth-order valence-corrected chi connectivity index (χ4v) is 2.20. The van der Waals surface area contributed by atoms with Gasteiger partial charge in [0.2, 0.25) is 5.91 Å². The molecule has 0 radical (unpaired) electrons. The maximum absolute atomic E-state index is 13.4. The molecule has 1 aliphatic rings. The molecule has 0 spiro atoms. The minimum atomic E-state index is -0.465. The van der Waals surface area contributed by atoms with Gasteiger partial charge in [-0.1, -0.05) is 6.92 Å². The summed E-state index contributed by atoms with van der Waals surface area (Å²) in [7, 11) is 0. The van der Waals surface area contributed by atoms with Crippen LogP contribution in [0.4, 0.5) is 15.8 Å². The van der Waals surface area contributed by atoms with Gasteiger partial charge < -0.3 is 11.1 Å². The molecule has 3 N–H and O–H groups in total. The van der Waals surface area contributed by atoms with Crippen LogP contribution in [0.25, 0.3) is 0 Å². The normalized spacial score (nSPS) is 20.0. The number of hydrogen-bond donors (Lipinski definition) is 2. The maximum atomic E-state index is 13.4. The van der Waals surface area contributed by atoms with Crippen molar-refractivity contribution in [1.82, 2.24) is 4.90 Å². The summed E-state index contributed by atoms with van der Waals surface area (Å²) in [6.07, 6.45) is 1.11. The van der Waals surface area contributed by atoms with Crippen LogP contribution in [0.1, 0.15) is 13.3 Å². The van der Waals surface area contributed by atoms with E-state index in [9.17, 15) is 9.18 Å². The molecule has 0 bridgehead atoms. The van der Waals surface area contributed by atoms with Crippen molar-refractivity contribution < 1.29 is 9.18 Å². The van der Waals surface area contributed by atoms with Crippen LogP contribution in [0.2, 0.25) is 0 Å². The van der Waals surface area contributed by atoms with E-state index in [2.05, 4.69) is 17.1 Å². The zero-order chi connectivity index (χ0) is 13.1. The first-order valence-electron chi connectivity index (χ1n) is 6.12. The number of hydrogen-bond acceptors (Lipinski definition) is 3. The molecule has 0 aliphatic carbocycles. The monoisotopic (exact) mass is 251 g/mol. The Hall–Kier alpha value is -1.62. The molecule has 1 fully saturated rings. The number of carbonyl (C=O) groups excluding carboxylic acids is 1. The zero-order valence-corrected chi connectivity index (χ0v) is 10.4. The lowest BCUT2D eigenvalue weighted by Crippen LogP contribution is -2.31. The number of amides is 1. The topological polar surface area (TPSA) is 58.4 Å². The second kappa shape index (κ2) is 5.35. The Balaban J connectivity index is 1.92. The second-order valence-electron chi connectivity index (χ2n) is 4.92. The third-order valence-corrected chi connectivity index (χ3v) is 3.14. The first kappa shape index (κ1) is 12.8. The number of likely N-dealkylation sites (tertiary alicyclic amines) is 1. The van der Waals surface area contributed by atoms with E-state index in [4.69, 9.17) is 5.73 Å². The van der Waals surface area contributed by atoms with Crippen molar-refractivity contribution in [2.24, 2.45) is 5.92 Å². The van der Waals surface area contributed by atoms with Crippen molar-refractivity contribution in [3.8, 4) is 0 Å². The number of benzene rings is 1. The fraction of sp³-hybridized carbons (Fsp3) is 0.462. The third-order valence-electron chi connectivity index (χ3n) is 3.14. The van der Waals surface area contributed by atoms with Crippen molar-refractivity contribution in [2.75, 3.05) is 30.7 Å². The molecule has 1 aliphatic heterocycles. The summed E-state index contributed by atoms with van der Waals surface area (Å²) < 4.78 is 13.4. The van der Waals surface area contributed by atoms with E-state index in [0.29, 0.717) is 18.2 Å². The van der Waals surface area contributed by atoms with Crippen molar-refractivity contribution in [1.29, 1.82) is 0 Å². The number of anilines is 2. The largest absolute Gasteiger partial charge is 0.399 e. The first-order chi connectivity index (χ1) is 8.54. The van der Waals surface area contributed by atoms with Gasteiger partial charge in [-0.25, -0.2) is 4.39 Å². The van der Waals surface area contributed by atoms with E-state index in [1.807, 2.05) is 0 Å². The van der Waals surface area contributed by atoms with Gasteiger partial charge in [0, 0.05) is 12.2 Å². The Kier molecular flexibility index (Phi) is 3.81. The number of nitrogens with two attached hydrogens (primary N) is 1. The van der Waals surface area contributed by atoms with Gasteiger partial charge in [0.25, 0.3) is 0 Å². The molecule has 18 heavy (non-hydrogen) atoms. The highest BCUT2D eigenvalue weighted by atomic mass is 19.1. The minimum Gasteiger partial charge on any atom is -0.399 e. The lowest BCUT2D eigenvalue weighted by atomic mass is 10.2. The van der Waals surface area contributed by atoms with Crippen molar-refractivity contribution in [3.05, 3.63) is 24.0 Å². The average molecular weight is 251 g/mol.